The van der Waals surface area contributed by atoms with Crippen LogP contribution in [0.25, 0.3) is 0 Å². The van der Waals surface area contributed by atoms with E-state index in [1.165, 1.54) is 17.8 Å². The number of carbonyl (C=O) groups excluding carboxylic acids is 1. The minimum absolute atomic E-state index is 0.156. The molecule has 31 heavy (non-hydrogen) atoms. The Morgan fingerprint density at radius 1 is 1.23 bits per heavy atom. The molecule has 2 aliphatic rings. The molecule has 168 valence electrons. The number of nitrogens with zero attached hydrogens (tertiary/aromatic N) is 3. The molecule has 0 unspecified atom stereocenters. The molecule has 7 nitrogen and oxygen atoms in total. The van der Waals surface area contributed by atoms with E-state index < -0.39 is 0 Å². The molecule has 0 atom stereocenters. The molecule has 0 radical (unpaired) electrons. The lowest BCUT2D eigenvalue weighted by molar-refractivity contribution is -0.122. The van der Waals surface area contributed by atoms with Gasteiger partial charge in [-0.2, -0.15) is 5.10 Å². The minimum Gasteiger partial charge on any atom is -0.378 e. The van der Waals surface area contributed by atoms with Gasteiger partial charge in [0.2, 0.25) is 5.91 Å². The lowest BCUT2D eigenvalue weighted by Crippen LogP contribution is -2.38. The van der Waals surface area contributed by atoms with Gasteiger partial charge in [0.25, 0.3) is 0 Å². The number of rotatable bonds is 8. The molecule has 2 fully saturated rings. The zero-order chi connectivity index (χ0) is 21.8. The van der Waals surface area contributed by atoms with E-state index in [0.29, 0.717) is 5.92 Å². The first-order valence-corrected chi connectivity index (χ1v) is 11.5. The van der Waals surface area contributed by atoms with E-state index in [2.05, 4.69) is 41.5 Å². The van der Waals surface area contributed by atoms with Crippen molar-refractivity contribution < 1.29 is 9.53 Å². The molecule has 4 rings (SSSR count). The Kier molecular flexibility index (Phi) is 6.92. The van der Waals surface area contributed by atoms with Crippen LogP contribution in [0.5, 0.6) is 0 Å². The summed E-state index contributed by atoms with van der Waals surface area (Å²) in [5.74, 6) is 1.91. The number of amides is 1. The van der Waals surface area contributed by atoms with Crippen molar-refractivity contribution in [2.24, 2.45) is 13.0 Å². The van der Waals surface area contributed by atoms with Crippen molar-refractivity contribution in [3.05, 3.63) is 41.1 Å². The number of aromatic nitrogens is 2. The number of hydrogen-bond acceptors (Lipinski definition) is 5. The smallest absolute Gasteiger partial charge is 0.227 e. The lowest BCUT2D eigenvalue weighted by Gasteiger charge is -2.29. The second kappa shape index (κ2) is 9.83. The fraction of sp³-hybridized carbons (Fsp3) is 0.583. The van der Waals surface area contributed by atoms with E-state index >= 15 is 0 Å². The van der Waals surface area contributed by atoms with Gasteiger partial charge in [0.05, 0.1) is 18.9 Å². The van der Waals surface area contributed by atoms with Gasteiger partial charge in [0.15, 0.2) is 0 Å². The van der Waals surface area contributed by atoms with E-state index in [0.717, 1.165) is 69.2 Å². The molecule has 1 aromatic carbocycles. The van der Waals surface area contributed by atoms with Crippen molar-refractivity contribution in [3.63, 3.8) is 0 Å². The van der Waals surface area contributed by atoms with E-state index in [1.54, 1.807) is 0 Å². The van der Waals surface area contributed by atoms with Crippen molar-refractivity contribution in [1.82, 2.24) is 15.1 Å². The maximum absolute atomic E-state index is 12.2. The van der Waals surface area contributed by atoms with Crippen LogP contribution in [0.15, 0.2) is 24.3 Å². The first kappa shape index (κ1) is 21.8. The summed E-state index contributed by atoms with van der Waals surface area (Å²) >= 11 is 0. The summed E-state index contributed by atoms with van der Waals surface area (Å²) < 4.78 is 7.56. The SMILES string of the molecule is CC(C)c1nn(C)c(N2CCOCC2)c1CNCc1cccc(NC(=O)C2CCC2)c1. The number of carbonyl (C=O) groups is 1. The monoisotopic (exact) mass is 425 g/mol. The summed E-state index contributed by atoms with van der Waals surface area (Å²) in [5, 5.41) is 11.5. The van der Waals surface area contributed by atoms with Crippen molar-refractivity contribution in [2.45, 2.75) is 52.1 Å². The summed E-state index contributed by atoms with van der Waals surface area (Å²) in [4.78, 5) is 14.6. The predicted molar refractivity (Wildman–Crippen MR) is 123 cm³/mol. The Labute approximate surface area is 185 Å². The minimum atomic E-state index is 0.156. The summed E-state index contributed by atoms with van der Waals surface area (Å²) in [5.41, 5.74) is 4.47. The fourth-order valence-corrected chi connectivity index (χ4v) is 4.39. The van der Waals surface area contributed by atoms with Crippen molar-refractivity contribution in [2.75, 3.05) is 36.5 Å². The highest BCUT2D eigenvalue weighted by atomic mass is 16.5. The quantitative estimate of drug-likeness (QED) is 0.678. The van der Waals surface area contributed by atoms with Crippen LogP contribution < -0.4 is 15.5 Å². The third-order valence-corrected chi connectivity index (χ3v) is 6.30. The number of aryl methyl sites for hydroxylation is 1. The van der Waals surface area contributed by atoms with Gasteiger partial charge in [0, 0.05) is 50.4 Å². The van der Waals surface area contributed by atoms with Crippen LogP contribution in [-0.2, 0) is 29.7 Å². The lowest BCUT2D eigenvalue weighted by atomic mass is 9.85. The fourth-order valence-electron chi connectivity index (χ4n) is 4.39. The summed E-state index contributed by atoms with van der Waals surface area (Å²) in [7, 11) is 2.04. The molecular weight excluding hydrogens is 390 g/mol. The normalized spacial score (nSPS) is 17.1. The predicted octanol–water partition coefficient (Wildman–Crippen LogP) is 3.41. The number of morpholine rings is 1. The zero-order valence-corrected chi connectivity index (χ0v) is 19.0. The molecule has 2 aromatic rings. The first-order valence-electron chi connectivity index (χ1n) is 11.5. The largest absolute Gasteiger partial charge is 0.378 e. The highest BCUT2D eigenvalue weighted by molar-refractivity contribution is 5.93. The van der Waals surface area contributed by atoms with Gasteiger partial charge in [-0.25, -0.2) is 0 Å². The van der Waals surface area contributed by atoms with Gasteiger partial charge in [-0.15, -0.1) is 0 Å². The van der Waals surface area contributed by atoms with Crippen LogP contribution in [0.1, 0.15) is 55.8 Å². The summed E-state index contributed by atoms with van der Waals surface area (Å²) in [6.07, 6.45) is 3.20. The van der Waals surface area contributed by atoms with E-state index in [9.17, 15) is 4.79 Å². The Morgan fingerprint density at radius 2 is 2.00 bits per heavy atom. The number of anilines is 2. The Hall–Kier alpha value is -2.38. The maximum atomic E-state index is 12.2. The van der Waals surface area contributed by atoms with Crippen LogP contribution in [-0.4, -0.2) is 42.0 Å². The van der Waals surface area contributed by atoms with Crippen LogP contribution in [0.2, 0.25) is 0 Å². The standard InChI is InChI=1S/C24H35N5O2/c1-17(2)22-21(24(28(3)27-22)29-10-12-31-13-11-29)16-25-15-18-6-4-9-20(14-18)26-23(30)19-7-5-8-19/h4,6,9,14,17,19,25H,5,7-8,10-13,15-16H2,1-3H3,(H,26,30). The van der Waals surface area contributed by atoms with Crippen LogP contribution in [0.3, 0.4) is 0 Å². The average Bonchev–Trinajstić information content (AvgIpc) is 3.04. The van der Waals surface area contributed by atoms with Crippen LogP contribution >= 0.6 is 0 Å². The highest BCUT2D eigenvalue weighted by Crippen LogP contribution is 2.29. The second-order valence-electron chi connectivity index (χ2n) is 8.99. The molecule has 1 aliphatic heterocycles. The highest BCUT2D eigenvalue weighted by Gasteiger charge is 2.25. The molecule has 2 N–H and O–H groups in total. The van der Waals surface area contributed by atoms with Gasteiger partial charge in [-0.05, 0) is 36.5 Å². The van der Waals surface area contributed by atoms with Crippen LogP contribution in [0.4, 0.5) is 11.5 Å². The number of benzene rings is 1. The Morgan fingerprint density at radius 3 is 2.68 bits per heavy atom. The second-order valence-corrected chi connectivity index (χ2v) is 8.99. The van der Waals surface area contributed by atoms with E-state index in [1.807, 2.05) is 23.9 Å². The first-order chi connectivity index (χ1) is 15.0. The molecular formula is C24H35N5O2. The third-order valence-electron chi connectivity index (χ3n) is 6.30. The van der Waals surface area contributed by atoms with Gasteiger partial charge >= 0.3 is 0 Å². The van der Waals surface area contributed by atoms with Gasteiger partial charge in [-0.3, -0.25) is 9.48 Å². The Balaban J connectivity index is 1.42. The average molecular weight is 426 g/mol. The summed E-state index contributed by atoms with van der Waals surface area (Å²) in [6.45, 7) is 9.20. The molecule has 1 saturated heterocycles. The topological polar surface area (TPSA) is 71.4 Å². The molecule has 0 spiro atoms. The third kappa shape index (κ3) is 5.10. The van der Waals surface area contributed by atoms with Crippen molar-refractivity contribution in [1.29, 1.82) is 0 Å². The maximum Gasteiger partial charge on any atom is 0.227 e. The van der Waals surface area contributed by atoms with Crippen LogP contribution in [0, 0.1) is 5.92 Å². The van der Waals surface area contributed by atoms with E-state index in [4.69, 9.17) is 9.84 Å². The van der Waals surface area contributed by atoms with Gasteiger partial charge in [0.1, 0.15) is 5.82 Å². The van der Waals surface area contributed by atoms with E-state index in [-0.39, 0.29) is 11.8 Å². The molecule has 1 saturated carbocycles. The molecule has 2 heterocycles. The number of nitrogens with one attached hydrogen (secondary N) is 2. The number of ether oxygens (including phenoxy) is 1. The van der Waals surface area contributed by atoms with Crippen molar-refractivity contribution >= 4 is 17.4 Å². The molecule has 1 aromatic heterocycles. The molecule has 1 aliphatic carbocycles. The van der Waals surface area contributed by atoms with Crippen molar-refractivity contribution in [3.8, 4) is 0 Å². The molecule has 0 bridgehead atoms. The summed E-state index contributed by atoms with van der Waals surface area (Å²) in [6, 6.07) is 8.14. The molecule has 7 heteroatoms. The Bertz CT molecular complexity index is 897. The number of hydrogen-bond donors (Lipinski definition) is 2. The van der Waals surface area contributed by atoms with Gasteiger partial charge < -0.3 is 20.3 Å². The van der Waals surface area contributed by atoms with Gasteiger partial charge in [-0.1, -0.05) is 32.4 Å². The zero-order valence-electron chi connectivity index (χ0n) is 19.0. The molecule has 1 amide bonds.